The van der Waals surface area contributed by atoms with Gasteiger partial charge in [0.05, 0.1) is 13.2 Å². The van der Waals surface area contributed by atoms with Gasteiger partial charge in [0.15, 0.2) is 0 Å². The summed E-state index contributed by atoms with van der Waals surface area (Å²) in [4.78, 5) is 10.7. The fraction of sp³-hybridized carbons (Fsp3) is 0.667. The number of nitrogens with zero attached hydrogens (tertiary/aromatic N) is 3. The Labute approximate surface area is 107 Å². The van der Waals surface area contributed by atoms with Gasteiger partial charge in [0.2, 0.25) is 5.95 Å². The number of aliphatic hydroxyl groups excluding tert-OH is 2. The molecule has 1 aliphatic heterocycles. The first-order valence-electron chi connectivity index (χ1n) is 6.22. The molecule has 102 valence electrons. The molecule has 1 unspecified atom stereocenters. The monoisotopic (exact) mass is 254 g/mol. The summed E-state index contributed by atoms with van der Waals surface area (Å²) in [5.74, 6) is 2.05. The predicted octanol–water partition coefficient (Wildman–Crippen LogP) is 0.266. The Kier molecular flexibility index (Phi) is 6.38. The highest BCUT2D eigenvalue weighted by molar-refractivity contribution is 5.37. The van der Waals surface area contributed by atoms with Gasteiger partial charge in [0.1, 0.15) is 5.82 Å². The van der Waals surface area contributed by atoms with E-state index in [9.17, 15) is 0 Å². The van der Waals surface area contributed by atoms with Crippen molar-refractivity contribution in [2.75, 3.05) is 36.9 Å². The molecule has 1 fully saturated rings. The van der Waals surface area contributed by atoms with E-state index in [1.807, 2.05) is 0 Å². The van der Waals surface area contributed by atoms with Crippen LogP contribution in [0.4, 0.5) is 11.8 Å². The van der Waals surface area contributed by atoms with E-state index in [1.165, 1.54) is 12.8 Å². The fourth-order valence-electron chi connectivity index (χ4n) is 1.89. The van der Waals surface area contributed by atoms with E-state index in [4.69, 9.17) is 15.9 Å². The molecule has 4 N–H and O–H groups in total. The summed E-state index contributed by atoms with van der Waals surface area (Å²) in [6, 6.07) is 1.72. The van der Waals surface area contributed by atoms with Crippen LogP contribution in [0.25, 0.3) is 0 Å². The maximum atomic E-state index is 7.62. The molecule has 0 spiro atoms. The molecule has 6 nitrogen and oxygen atoms in total. The number of anilines is 2. The van der Waals surface area contributed by atoms with Gasteiger partial charge in [0.25, 0.3) is 0 Å². The molecule has 1 saturated heterocycles. The van der Waals surface area contributed by atoms with Crippen molar-refractivity contribution in [3.05, 3.63) is 12.3 Å². The van der Waals surface area contributed by atoms with E-state index in [1.54, 1.807) is 12.3 Å². The van der Waals surface area contributed by atoms with Gasteiger partial charge >= 0.3 is 0 Å². The van der Waals surface area contributed by atoms with Crippen molar-refractivity contribution in [2.24, 2.45) is 5.92 Å². The number of aliphatic hydroxyl groups is 2. The van der Waals surface area contributed by atoms with Crippen LogP contribution in [-0.2, 0) is 0 Å². The first-order chi connectivity index (χ1) is 8.67. The molecule has 0 saturated carbocycles. The maximum Gasteiger partial charge on any atom is 0.227 e. The lowest BCUT2D eigenvalue weighted by atomic mass is 10.0. The molecule has 1 atom stereocenters. The molecule has 1 aliphatic rings. The summed E-state index contributed by atoms with van der Waals surface area (Å²) in [6.07, 6.45) is 4.25. The standard InChI is InChI=1S/C10H16N4.C2H6O2/c1-8-3-2-6-14(7-8)10-12-5-4-9(11)13-10;3-1-2-4/h4-5,8H,2-3,6-7H2,1H3,(H2,11,12,13);3-4H,1-2H2. The third-order valence-corrected chi connectivity index (χ3v) is 2.70. The zero-order valence-corrected chi connectivity index (χ0v) is 10.8. The van der Waals surface area contributed by atoms with E-state index in [0.29, 0.717) is 5.82 Å². The smallest absolute Gasteiger partial charge is 0.227 e. The summed E-state index contributed by atoms with van der Waals surface area (Å²) < 4.78 is 0. The van der Waals surface area contributed by atoms with Crippen LogP contribution >= 0.6 is 0 Å². The second kappa shape index (κ2) is 7.84. The number of hydrogen-bond acceptors (Lipinski definition) is 6. The van der Waals surface area contributed by atoms with Crippen molar-refractivity contribution in [2.45, 2.75) is 19.8 Å². The molecule has 0 aliphatic carbocycles. The molecule has 0 bridgehead atoms. The molecule has 1 aromatic rings. The van der Waals surface area contributed by atoms with Crippen molar-refractivity contribution >= 4 is 11.8 Å². The van der Waals surface area contributed by atoms with Gasteiger partial charge in [-0.2, -0.15) is 4.98 Å². The number of aromatic nitrogens is 2. The lowest BCUT2D eigenvalue weighted by Gasteiger charge is -2.30. The van der Waals surface area contributed by atoms with Crippen LogP contribution in [0, 0.1) is 5.92 Å². The van der Waals surface area contributed by atoms with Crippen LogP contribution in [0.3, 0.4) is 0 Å². The lowest BCUT2D eigenvalue weighted by Crippen LogP contribution is -2.35. The van der Waals surface area contributed by atoms with Crippen LogP contribution in [0.2, 0.25) is 0 Å². The Hall–Kier alpha value is -1.40. The quantitative estimate of drug-likeness (QED) is 0.701. The Balaban J connectivity index is 0.000000357. The minimum absolute atomic E-state index is 0.125. The number of nitrogen functional groups attached to an aromatic ring is 1. The molecule has 6 heteroatoms. The summed E-state index contributed by atoms with van der Waals surface area (Å²) in [5.41, 5.74) is 5.62. The summed E-state index contributed by atoms with van der Waals surface area (Å²) in [7, 11) is 0. The average molecular weight is 254 g/mol. The Morgan fingerprint density at radius 1 is 1.44 bits per heavy atom. The van der Waals surface area contributed by atoms with Crippen LogP contribution in [0.5, 0.6) is 0 Å². The molecular weight excluding hydrogens is 232 g/mol. The van der Waals surface area contributed by atoms with Gasteiger partial charge in [-0.25, -0.2) is 4.98 Å². The first kappa shape index (κ1) is 14.7. The number of nitrogens with two attached hydrogens (primary N) is 1. The van der Waals surface area contributed by atoms with Crippen molar-refractivity contribution in [3.8, 4) is 0 Å². The molecule has 0 radical (unpaired) electrons. The number of piperidine rings is 1. The average Bonchev–Trinajstić information content (AvgIpc) is 2.39. The normalized spacial score (nSPS) is 19.1. The third kappa shape index (κ3) is 4.85. The molecule has 18 heavy (non-hydrogen) atoms. The lowest BCUT2D eigenvalue weighted by molar-refractivity contribution is 0.186. The van der Waals surface area contributed by atoms with Gasteiger partial charge in [0, 0.05) is 19.3 Å². The fourth-order valence-corrected chi connectivity index (χ4v) is 1.89. The first-order valence-corrected chi connectivity index (χ1v) is 6.22. The number of rotatable bonds is 2. The zero-order valence-electron chi connectivity index (χ0n) is 10.8. The van der Waals surface area contributed by atoms with E-state index < -0.39 is 0 Å². The summed E-state index contributed by atoms with van der Waals surface area (Å²) >= 11 is 0. The van der Waals surface area contributed by atoms with Crippen LogP contribution in [0.15, 0.2) is 12.3 Å². The zero-order chi connectivity index (χ0) is 13.4. The number of hydrogen-bond donors (Lipinski definition) is 3. The SMILES string of the molecule is CC1CCCN(c2nccc(N)n2)C1.OCCO. The Morgan fingerprint density at radius 3 is 2.72 bits per heavy atom. The largest absolute Gasteiger partial charge is 0.394 e. The molecule has 2 heterocycles. The minimum atomic E-state index is -0.125. The van der Waals surface area contributed by atoms with Crippen molar-refractivity contribution in [3.63, 3.8) is 0 Å². The highest BCUT2D eigenvalue weighted by Crippen LogP contribution is 2.19. The maximum absolute atomic E-state index is 7.62. The van der Waals surface area contributed by atoms with E-state index in [0.717, 1.165) is 25.0 Å². The molecular formula is C12H22N4O2. The van der Waals surface area contributed by atoms with Gasteiger partial charge in [-0.1, -0.05) is 6.92 Å². The second-order valence-corrected chi connectivity index (χ2v) is 4.42. The van der Waals surface area contributed by atoms with Crippen LogP contribution in [0.1, 0.15) is 19.8 Å². The van der Waals surface area contributed by atoms with Crippen LogP contribution in [-0.4, -0.2) is 46.5 Å². The van der Waals surface area contributed by atoms with E-state index in [2.05, 4.69) is 21.8 Å². The molecule has 0 amide bonds. The Morgan fingerprint density at radius 2 is 2.17 bits per heavy atom. The van der Waals surface area contributed by atoms with Crippen molar-refractivity contribution in [1.82, 2.24) is 9.97 Å². The van der Waals surface area contributed by atoms with Gasteiger partial charge < -0.3 is 20.8 Å². The minimum Gasteiger partial charge on any atom is -0.394 e. The molecule has 0 aromatic carbocycles. The topological polar surface area (TPSA) is 95.5 Å². The predicted molar refractivity (Wildman–Crippen MR) is 71.2 cm³/mol. The van der Waals surface area contributed by atoms with Crippen molar-refractivity contribution in [1.29, 1.82) is 0 Å². The third-order valence-electron chi connectivity index (χ3n) is 2.70. The van der Waals surface area contributed by atoms with E-state index in [-0.39, 0.29) is 13.2 Å². The van der Waals surface area contributed by atoms with E-state index >= 15 is 0 Å². The summed E-state index contributed by atoms with van der Waals surface area (Å²) in [5, 5.41) is 15.2. The Bertz CT molecular complexity index is 347. The van der Waals surface area contributed by atoms with Gasteiger partial charge in [-0.3, -0.25) is 0 Å². The van der Waals surface area contributed by atoms with Gasteiger partial charge in [-0.15, -0.1) is 0 Å². The molecule has 2 rings (SSSR count). The van der Waals surface area contributed by atoms with Crippen LogP contribution < -0.4 is 10.6 Å². The highest BCUT2D eigenvalue weighted by atomic mass is 16.3. The summed E-state index contributed by atoms with van der Waals surface area (Å²) in [6.45, 7) is 4.11. The molecule has 1 aromatic heterocycles. The van der Waals surface area contributed by atoms with Crippen molar-refractivity contribution < 1.29 is 10.2 Å². The second-order valence-electron chi connectivity index (χ2n) is 4.42. The van der Waals surface area contributed by atoms with Gasteiger partial charge in [-0.05, 0) is 24.8 Å². The highest BCUT2D eigenvalue weighted by Gasteiger charge is 2.18.